The van der Waals surface area contributed by atoms with Crippen molar-refractivity contribution in [2.75, 3.05) is 13.2 Å². The predicted octanol–water partition coefficient (Wildman–Crippen LogP) is -0.417. The van der Waals surface area contributed by atoms with Crippen molar-refractivity contribution in [1.82, 2.24) is 0 Å². The molecule has 10 nitrogen and oxygen atoms in total. The van der Waals surface area contributed by atoms with Gasteiger partial charge in [0, 0.05) is 17.6 Å². The molecule has 0 atom stereocenters. The second-order valence-corrected chi connectivity index (χ2v) is 5.10. The molecule has 132 valence electrons. The number of aliphatic hydroxyl groups is 2. The Morgan fingerprint density at radius 1 is 0.955 bits per heavy atom. The van der Waals surface area contributed by atoms with Crippen molar-refractivity contribution < 1.29 is 49.3 Å². The molecule has 0 bridgehead atoms. The minimum Gasteiger partial charge on any atom is -0.478 e. The molecule has 0 aliphatic heterocycles. The number of rotatable bonds is 4. The molecule has 0 rings (SSSR count). The lowest BCUT2D eigenvalue weighted by atomic mass is 9.97. The van der Waals surface area contributed by atoms with Crippen LogP contribution in [0.5, 0.6) is 0 Å². The summed E-state index contributed by atoms with van der Waals surface area (Å²) in [5, 5.41) is 32.1. The van der Waals surface area contributed by atoms with Gasteiger partial charge in [0.25, 0.3) is 0 Å². The van der Waals surface area contributed by atoms with Crippen LogP contribution in [-0.4, -0.2) is 60.3 Å². The quantitative estimate of drug-likeness (QED) is 0.260. The molecule has 0 aliphatic rings. The molecule has 0 heterocycles. The highest BCUT2D eigenvalue weighted by atomic mass is 31.2. The summed E-state index contributed by atoms with van der Waals surface area (Å²) >= 11 is 0. The van der Waals surface area contributed by atoms with Crippen molar-refractivity contribution in [1.29, 1.82) is 0 Å². The van der Waals surface area contributed by atoms with Gasteiger partial charge in [-0.25, -0.2) is 14.2 Å². The molecule has 0 saturated heterocycles. The lowest BCUT2D eigenvalue weighted by Crippen LogP contribution is -2.20. The van der Waals surface area contributed by atoms with E-state index < -0.39 is 19.8 Å². The molecular weight excluding hydrogens is 323 g/mol. The van der Waals surface area contributed by atoms with Crippen molar-refractivity contribution >= 4 is 19.8 Å². The SMILES string of the molecule is C=CC(=O)O.C=CC(=O)O.CC(C)(CO)CO.O=P(O)(O)O. The monoisotopic (exact) mass is 346 g/mol. The van der Waals surface area contributed by atoms with Crippen LogP contribution >= 0.6 is 7.82 Å². The van der Waals surface area contributed by atoms with E-state index in [1.54, 1.807) is 13.8 Å². The van der Waals surface area contributed by atoms with Crippen molar-refractivity contribution in [2.24, 2.45) is 5.41 Å². The van der Waals surface area contributed by atoms with Crippen LogP contribution in [0.2, 0.25) is 0 Å². The molecule has 0 fully saturated rings. The first-order valence-corrected chi connectivity index (χ1v) is 6.94. The zero-order valence-corrected chi connectivity index (χ0v) is 13.2. The van der Waals surface area contributed by atoms with Crippen LogP contribution in [0.3, 0.4) is 0 Å². The minimum absolute atomic E-state index is 0.0451. The van der Waals surface area contributed by atoms with Gasteiger partial charge < -0.3 is 35.1 Å². The van der Waals surface area contributed by atoms with Crippen molar-refractivity contribution in [2.45, 2.75) is 13.8 Å². The third kappa shape index (κ3) is 78.7. The smallest absolute Gasteiger partial charge is 0.466 e. The Bertz CT molecular complexity index is 339. The largest absolute Gasteiger partial charge is 0.478 e. The second kappa shape index (κ2) is 15.8. The highest BCUT2D eigenvalue weighted by molar-refractivity contribution is 7.45. The first-order valence-electron chi connectivity index (χ1n) is 5.37. The molecule has 0 saturated carbocycles. The predicted molar refractivity (Wildman–Crippen MR) is 77.9 cm³/mol. The van der Waals surface area contributed by atoms with E-state index in [0.717, 1.165) is 12.2 Å². The topological polar surface area (TPSA) is 193 Å². The molecule has 0 radical (unpaired) electrons. The standard InChI is InChI=1S/C5H12O2.2C3H4O2.H3O4P/c1-5(2,3-6)4-7;2*1-2-3(4)5;1-5(2,3)4/h6-7H,3-4H2,1-2H3;2*2H,1H2,(H,4,5);(H3,1,2,3,4). The Hall–Kier alpha value is -1.55. The van der Waals surface area contributed by atoms with Crippen molar-refractivity contribution in [3.05, 3.63) is 25.3 Å². The summed E-state index contributed by atoms with van der Waals surface area (Å²) in [4.78, 5) is 40.1. The van der Waals surface area contributed by atoms with E-state index >= 15 is 0 Å². The summed E-state index contributed by atoms with van der Waals surface area (Å²) in [7, 11) is -4.64. The van der Waals surface area contributed by atoms with Gasteiger partial charge in [-0.3, -0.25) is 0 Å². The lowest BCUT2D eigenvalue weighted by molar-refractivity contribution is -0.132. The lowest BCUT2D eigenvalue weighted by Gasteiger charge is -2.16. The molecule has 0 unspecified atom stereocenters. The van der Waals surface area contributed by atoms with E-state index in [4.69, 9.17) is 39.7 Å². The third-order valence-electron chi connectivity index (χ3n) is 1.21. The van der Waals surface area contributed by atoms with Crippen molar-refractivity contribution in [3.63, 3.8) is 0 Å². The zero-order valence-electron chi connectivity index (χ0n) is 12.3. The number of phosphoric acid groups is 1. The Morgan fingerprint density at radius 2 is 1.09 bits per heavy atom. The Morgan fingerprint density at radius 3 is 1.09 bits per heavy atom. The number of hydrogen-bond donors (Lipinski definition) is 7. The van der Waals surface area contributed by atoms with Crippen LogP contribution in [0.4, 0.5) is 0 Å². The molecule has 7 N–H and O–H groups in total. The molecule has 0 aromatic carbocycles. The van der Waals surface area contributed by atoms with E-state index in [2.05, 4.69) is 13.2 Å². The van der Waals surface area contributed by atoms with Gasteiger partial charge in [0.05, 0.1) is 13.2 Å². The fourth-order valence-electron chi connectivity index (χ4n) is 0.0500. The van der Waals surface area contributed by atoms with Crippen LogP contribution in [0, 0.1) is 5.41 Å². The highest BCUT2D eigenvalue weighted by Crippen LogP contribution is 2.25. The number of hydrogen-bond acceptors (Lipinski definition) is 5. The Balaban J connectivity index is -0.0000000995. The van der Waals surface area contributed by atoms with Gasteiger partial charge in [0.1, 0.15) is 0 Å². The molecular formula is C11H23O10P. The van der Waals surface area contributed by atoms with Crippen molar-refractivity contribution in [3.8, 4) is 0 Å². The third-order valence-corrected chi connectivity index (χ3v) is 1.21. The van der Waals surface area contributed by atoms with Crippen LogP contribution in [0.15, 0.2) is 25.3 Å². The molecule has 0 aliphatic carbocycles. The van der Waals surface area contributed by atoms with E-state index in [0.29, 0.717) is 0 Å². The van der Waals surface area contributed by atoms with Gasteiger partial charge in [-0.15, -0.1) is 0 Å². The number of aliphatic hydroxyl groups excluding tert-OH is 2. The van der Waals surface area contributed by atoms with E-state index in [-0.39, 0.29) is 18.6 Å². The van der Waals surface area contributed by atoms with Crippen LogP contribution < -0.4 is 0 Å². The van der Waals surface area contributed by atoms with Gasteiger partial charge in [-0.1, -0.05) is 27.0 Å². The molecule has 22 heavy (non-hydrogen) atoms. The van der Waals surface area contributed by atoms with E-state index in [9.17, 15) is 9.59 Å². The highest BCUT2D eigenvalue weighted by Gasteiger charge is 2.13. The van der Waals surface area contributed by atoms with Gasteiger partial charge in [0.2, 0.25) is 0 Å². The summed E-state index contributed by atoms with van der Waals surface area (Å²) < 4.78 is 8.88. The first kappa shape index (κ1) is 28.6. The summed E-state index contributed by atoms with van der Waals surface area (Å²) in [6, 6.07) is 0. The Kier molecular flexibility index (Phi) is 20.6. The summed E-state index contributed by atoms with van der Waals surface area (Å²) in [6.45, 7) is 9.61. The first-order chi connectivity index (χ1) is 9.66. The average Bonchev–Trinajstić information content (AvgIpc) is 2.38. The second-order valence-electron chi connectivity index (χ2n) is 4.08. The Labute approximate surface area is 127 Å². The molecule has 0 spiro atoms. The maximum absolute atomic E-state index is 9.25. The van der Waals surface area contributed by atoms with E-state index in [1.165, 1.54) is 0 Å². The summed E-state index contributed by atoms with van der Waals surface area (Å²) in [6.07, 6.45) is 1.67. The van der Waals surface area contributed by atoms with Gasteiger partial charge >= 0.3 is 19.8 Å². The summed E-state index contributed by atoms with van der Waals surface area (Å²) in [5.41, 5.74) is -0.306. The van der Waals surface area contributed by atoms with Gasteiger partial charge in [-0.05, 0) is 0 Å². The van der Waals surface area contributed by atoms with Crippen LogP contribution in [0.1, 0.15) is 13.8 Å². The van der Waals surface area contributed by atoms with Gasteiger partial charge in [0.15, 0.2) is 0 Å². The molecule has 11 heteroatoms. The zero-order chi connectivity index (χ0) is 19.0. The average molecular weight is 346 g/mol. The maximum Gasteiger partial charge on any atom is 0.466 e. The number of aliphatic carboxylic acids is 2. The molecule has 0 aromatic rings. The minimum atomic E-state index is -4.64. The van der Waals surface area contributed by atoms with Crippen LogP contribution in [0.25, 0.3) is 0 Å². The fourth-order valence-corrected chi connectivity index (χ4v) is 0.0500. The van der Waals surface area contributed by atoms with Crippen LogP contribution in [-0.2, 0) is 14.2 Å². The summed E-state index contributed by atoms with van der Waals surface area (Å²) in [5.74, 6) is -1.96. The van der Waals surface area contributed by atoms with E-state index in [1.807, 2.05) is 0 Å². The van der Waals surface area contributed by atoms with Gasteiger partial charge in [-0.2, -0.15) is 0 Å². The number of carboxylic acid groups (broad SMARTS) is 2. The number of carbonyl (C=O) groups is 2. The number of carboxylic acids is 2. The maximum atomic E-state index is 9.25. The molecule has 0 amide bonds. The molecule has 0 aromatic heterocycles. The normalized spacial score (nSPS) is 9.41. The fraction of sp³-hybridized carbons (Fsp3) is 0.455.